The van der Waals surface area contributed by atoms with Crippen LogP contribution in [0.25, 0.3) is 0 Å². The fraction of sp³-hybridized carbons (Fsp3) is 0.600. The second-order valence-electron chi connectivity index (χ2n) is 3.64. The number of rotatable bonds is 1. The lowest BCUT2D eigenvalue weighted by Gasteiger charge is -2.23. The van der Waals surface area contributed by atoms with Crippen molar-refractivity contribution in [2.24, 2.45) is 0 Å². The fourth-order valence-electron chi connectivity index (χ4n) is 1.78. The number of nitrogens with zero attached hydrogens (tertiary/aromatic N) is 1. The van der Waals surface area contributed by atoms with E-state index in [0.717, 1.165) is 13.1 Å². The van der Waals surface area contributed by atoms with Crippen molar-refractivity contribution in [3.8, 4) is 0 Å². The van der Waals surface area contributed by atoms with E-state index in [-0.39, 0.29) is 0 Å². The molecule has 0 saturated carbocycles. The Morgan fingerprint density at radius 2 is 2.54 bits per heavy atom. The van der Waals surface area contributed by atoms with Crippen molar-refractivity contribution in [3.63, 3.8) is 0 Å². The van der Waals surface area contributed by atoms with Gasteiger partial charge in [-0.05, 0) is 31.3 Å². The minimum atomic E-state index is 0.613. The van der Waals surface area contributed by atoms with Gasteiger partial charge < -0.3 is 10.2 Å². The summed E-state index contributed by atoms with van der Waals surface area (Å²) in [7, 11) is 0. The topological polar surface area (TPSA) is 15.3 Å². The highest BCUT2D eigenvalue weighted by molar-refractivity contribution is 7.08. The number of hydrogen-bond acceptors (Lipinski definition) is 3. The SMILES string of the molecule is CC1CN(c2ccsc2)CCCN1. The van der Waals surface area contributed by atoms with Crippen LogP contribution in [0.1, 0.15) is 13.3 Å². The fourth-order valence-corrected chi connectivity index (χ4v) is 2.44. The largest absolute Gasteiger partial charge is 0.369 e. The molecule has 72 valence electrons. The van der Waals surface area contributed by atoms with Crippen molar-refractivity contribution in [2.45, 2.75) is 19.4 Å². The average molecular weight is 196 g/mol. The summed E-state index contributed by atoms with van der Waals surface area (Å²) >= 11 is 1.78. The number of anilines is 1. The molecule has 1 unspecified atom stereocenters. The van der Waals surface area contributed by atoms with Gasteiger partial charge in [0, 0.05) is 30.2 Å². The summed E-state index contributed by atoms with van der Waals surface area (Å²) in [6.07, 6.45) is 1.25. The van der Waals surface area contributed by atoms with E-state index in [0.29, 0.717) is 6.04 Å². The molecular weight excluding hydrogens is 180 g/mol. The van der Waals surface area contributed by atoms with Gasteiger partial charge in [-0.1, -0.05) is 0 Å². The van der Waals surface area contributed by atoms with Gasteiger partial charge in [-0.15, -0.1) is 0 Å². The Labute approximate surface area is 83.6 Å². The molecule has 2 nitrogen and oxygen atoms in total. The van der Waals surface area contributed by atoms with Gasteiger partial charge in [-0.25, -0.2) is 0 Å². The van der Waals surface area contributed by atoms with E-state index in [9.17, 15) is 0 Å². The van der Waals surface area contributed by atoms with Gasteiger partial charge in [-0.2, -0.15) is 11.3 Å². The Hall–Kier alpha value is -0.540. The van der Waals surface area contributed by atoms with Crippen LogP contribution in [0, 0.1) is 0 Å². The maximum absolute atomic E-state index is 3.50. The average Bonchev–Trinajstić information content (AvgIpc) is 2.56. The maximum Gasteiger partial charge on any atom is 0.0475 e. The van der Waals surface area contributed by atoms with Crippen LogP contribution in [0.4, 0.5) is 5.69 Å². The molecule has 0 aromatic carbocycles. The molecule has 1 aliphatic heterocycles. The molecule has 0 bridgehead atoms. The molecule has 1 saturated heterocycles. The van der Waals surface area contributed by atoms with E-state index in [1.165, 1.54) is 18.7 Å². The third-order valence-corrected chi connectivity index (χ3v) is 3.13. The minimum absolute atomic E-state index is 0.613. The van der Waals surface area contributed by atoms with E-state index < -0.39 is 0 Å². The van der Waals surface area contributed by atoms with Crippen molar-refractivity contribution >= 4 is 17.0 Å². The molecule has 2 rings (SSSR count). The van der Waals surface area contributed by atoms with E-state index in [2.05, 4.69) is 34.0 Å². The van der Waals surface area contributed by atoms with Crippen molar-refractivity contribution in [2.75, 3.05) is 24.5 Å². The van der Waals surface area contributed by atoms with Gasteiger partial charge in [0.25, 0.3) is 0 Å². The molecule has 1 aromatic rings. The minimum Gasteiger partial charge on any atom is -0.369 e. The first-order valence-electron chi connectivity index (χ1n) is 4.87. The Morgan fingerprint density at radius 3 is 3.31 bits per heavy atom. The van der Waals surface area contributed by atoms with Crippen LogP contribution in [0.15, 0.2) is 16.8 Å². The maximum atomic E-state index is 3.50. The Kier molecular flexibility index (Phi) is 2.86. The highest BCUT2D eigenvalue weighted by Gasteiger charge is 2.14. The summed E-state index contributed by atoms with van der Waals surface area (Å²) in [6, 6.07) is 2.82. The monoisotopic (exact) mass is 196 g/mol. The predicted octanol–water partition coefficient (Wildman–Crippen LogP) is 1.94. The molecular formula is C10H16N2S. The van der Waals surface area contributed by atoms with Crippen LogP contribution >= 0.6 is 11.3 Å². The zero-order valence-electron chi connectivity index (χ0n) is 7.99. The van der Waals surface area contributed by atoms with Crippen LogP contribution in [0.2, 0.25) is 0 Å². The number of hydrogen-bond donors (Lipinski definition) is 1. The molecule has 1 atom stereocenters. The lowest BCUT2D eigenvalue weighted by atomic mass is 10.3. The van der Waals surface area contributed by atoms with Crippen LogP contribution in [-0.4, -0.2) is 25.7 Å². The van der Waals surface area contributed by atoms with Crippen LogP contribution < -0.4 is 10.2 Å². The van der Waals surface area contributed by atoms with Crippen molar-refractivity contribution in [3.05, 3.63) is 16.8 Å². The smallest absolute Gasteiger partial charge is 0.0475 e. The normalized spacial score (nSPS) is 24.4. The quantitative estimate of drug-likeness (QED) is 0.738. The van der Waals surface area contributed by atoms with Crippen molar-refractivity contribution in [1.29, 1.82) is 0 Å². The molecule has 0 radical (unpaired) electrons. The third kappa shape index (κ3) is 2.23. The van der Waals surface area contributed by atoms with Gasteiger partial charge in [-0.3, -0.25) is 0 Å². The summed E-state index contributed by atoms with van der Waals surface area (Å²) in [5, 5.41) is 7.88. The van der Waals surface area contributed by atoms with Gasteiger partial charge in [0.1, 0.15) is 0 Å². The summed E-state index contributed by atoms with van der Waals surface area (Å²) < 4.78 is 0. The number of nitrogens with one attached hydrogen (secondary N) is 1. The third-order valence-electron chi connectivity index (χ3n) is 2.46. The first kappa shape index (κ1) is 9.03. The summed E-state index contributed by atoms with van der Waals surface area (Å²) in [6.45, 7) is 5.73. The molecule has 1 aromatic heterocycles. The Morgan fingerprint density at radius 1 is 1.62 bits per heavy atom. The molecule has 1 N–H and O–H groups in total. The highest BCUT2D eigenvalue weighted by atomic mass is 32.1. The van der Waals surface area contributed by atoms with E-state index in [4.69, 9.17) is 0 Å². The lowest BCUT2D eigenvalue weighted by molar-refractivity contribution is 0.585. The summed E-state index contributed by atoms with van der Waals surface area (Å²) in [5.41, 5.74) is 1.39. The molecule has 0 amide bonds. The zero-order valence-corrected chi connectivity index (χ0v) is 8.81. The molecule has 1 aliphatic rings. The van der Waals surface area contributed by atoms with Crippen LogP contribution in [0.5, 0.6) is 0 Å². The molecule has 0 spiro atoms. The Balaban J connectivity index is 2.05. The Bertz CT molecular complexity index is 245. The zero-order chi connectivity index (χ0) is 9.10. The summed E-state index contributed by atoms with van der Waals surface area (Å²) in [5.74, 6) is 0. The van der Waals surface area contributed by atoms with E-state index >= 15 is 0 Å². The second-order valence-corrected chi connectivity index (χ2v) is 4.42. The van der Waals surface area contributed by atoms with Crippen molar-refractivity contribution < 1.29 is 0 Å². The first-order valence-corrected chi connectivity index (χ1v) is 5.81. The van der Waals surface area contributed by atoms with Crippen molar-refractivity contribution in [1.82, 2.24) is 5.32 Å². The first-order chi connectivity index (χ1) is 6.36. The summed E-state index contributed by atoms with van der Waals surface area (Å²) in [4.78, 5) is 2.47. The van der Waals surface area contributed by atoms with Crippen LogP contribution in [0.3, 0.4) is 0 Å². The van der Waals surface area contributed by atoms with Crippen LogP contribution in [-0.2, 0) is 0 Å². The molecule has 3 heteroatoms. The second kappa shape index (κ2) is 4.11. The van der Waals surface area contributed by atoms with Gasteiger partial charge in [0.15, 0.2) is 0 Å². The lowest BCUT2D eigenvalue weighted by Crippen LogP contribution is -2.35. The molecule has 2 heterocycles. The predicted molar refractivity (Wildman–Crippen MR) is 58.6 cm³/mol. The standard InChI is InChI=1S/C10H16N2S/c1-9-7-12(5-2-4-11-9)10-3-6-13-8-10/h3,6,8-9,11H,2,4-5,7H2,1H3. The van der Waals surface area contributed by atoms with Gasteiger partial charge in [0.05, 0.1) is 0 Å². The van der Waals surface area contributed by atoms with E-state index in [1.54, 1.807) is 11.3 Å². The molecule has 1 fully saturated rings. The molecule has 0 aliphatic carbocycles. The molecule has 13 heavy (non-hydrogen) atoms. The van der Waals surface area contributed by atoms with Gasteiger partial charge >= 0.3 is 0 Å². The van der Waals surface area contributed by atoms with Gasteiger partial charge in [0.2, 0.25) is 0 Å². The highest BCUT2D eigenvalue weighted by Crippen LogP contribution is 2.19. The number of thiophene rings is 1. The van der Waals surface area contributed by atoms with E-state index in [1.807, 2.05) is 0 Å².